The van der Waals surface area contributed by atoms with E-state index in [1.165, 1.54) is 14.8 Å². The number of nitrogens with one attached hydrogen (secondary N) is 1. The Bertz CT molecular complexity index is 556. The molecule has 0 bridgehead atoms. The maximum Gasteiger partial charge on any atom is 0.0502 e. The summed E-state index contributed by atoms with van der Waals surface area (Å²) < 4.78 is 1.34. The van der Waals surface area contributed by atoms with Crippen LogP contribution in [-0.4, -0.2) is 25.7 Å². The maximum atomic E-state index is 3.64. The van der Waals surface area contributed by atoms with Crippen LogP contribution in [0.5, 0.6) is 0 Å². The van der Waals surface area contributed by atoms with Crippen LogP contribution in [0, 0.1) is 3.57 Å². The highest BCUT2D eigenvalue weighted by atomic mass is 127. The van der Waals surface area contributed by atoms with E-state index in [0.29, 0.717) is 6.04 Å². The molecule has 0 spiro atoms. The number of nitrogens with zero attached hydrogens (tertiary/aromatic N) is 1. The zero-order valence-corrected chi connectivity index (χ0v) is 13.6. The lowest BCUT2D eigenvalue weighted by molar-refractivity contribution is 0.454. The molecule has 1 saturated heterocycles. The van der Waals surface area contributed by atoms with E-state index in [1.54, 1.807) is 0 Å². The fourth-order valence-corrected chi connectivity index (χ4v) is 3.52. The highest BCUT2D eigenvalue weighted by Gasteiger charge is 2.20. The summed E-state index contributed by atoms with van der Waals surface area (Å²) in [6.07, 6.45) is 1.10. The number of hydrogen-bond acceptors (Lipinski definition) is 2. The molecule has 104 valence electrons. The first-order chi connectivity index (χ1) is 9.83. The Labute approximate surface area is 134 Å². The van der Waals surface area contributed by atoms with Crippen LogP contribution in [0.4, 0.5) is 5.69 Å². The van der Waals surface area contributed by atoms with Gasteiger partial charge in [-0.15, -0.1) is 0 Å². The average molecular weight is 378 g/mol. The molecule has 2 nitrogen and oxygen atoms in total. The standard InChI is InChI=1S/C17H19IN2/c18-16-8-4-5-9-17(16)20-11-10-19-15(13-20)12-14-6-2-1-3-7-14/h1-9,15,19H,10-13H2. The van der Waals surface area contributed by atoms with Gasteiger partial charge in [-0.25, -0.2) is 0 Å². The van der Waals surface area contributed by atoms with Crippen LogP contribution in [0.25, 0.3) is 0 Å². The number of rotatable bonds is 3. The van der Waals surface area contributed by atoms with E-state index in [0.717, 1.165) is 26.1 Å². The number of halogens is 1. The van der Waals surface area contributed by atoms with E-state index in [1.807, 2.05) is 0 Å². The third kappa shape index (κ3) is 3.33. The highest BCUT2D eigenvalue weighted by Crippen LogP contribution is 2.23. The summed E-state index contributed by atoms with van der Waals surface area (Å²) in [6, 6.07) is 19.9. The molecule has 1 heterocycles. The van der Waals surface area contributed by atoms with Gasteiger partial charge in [-0.1, -0.05) is 42.5 Å². The van der Waals surface area contributed by atoms with Crippen molar-refractivity contribution in [3.8, 4) is 0 Å². The molecule has 0 aliphatic carbocycles. The minimum atomic E-state index is 0.530. The predicted molar refractivity (Wildman–Crippen MR) is 93.3 cm³/mol. The fraction of sp³-hybridized carbons (Fsp3) is 0.294. The summed E-state index contributed by atoms with van der Waals surface area (Å²) in [6.45, 7) is 3.22. The number of anilines is 1. The van der Waals surface area contributed by atoms with Crippen LogP contribution in [0.2, 0.25) is 0 Å². The van der Waals surface area contributed by atoms with Crippen molar-refractivity contribution < 1.29 is 0 Å². The Hall–Kier alpha value is -1.07. The van der Waals surface area contributed by atoms with E-state index in [-0.39, 0.29) is 0 Å². The first-order valence-corrected chi connectivity index (χ1v) is 8.17. The van der Waals surface area contributed by atoms with E-state index < -0.39 is 0 Å². The summed E-state index contributed by atoms with van der Waals surface area (Å²) in [5, 5.41) is 3.64. The largest absolute Gasteiger partial charge is 0.368 e. The van der Waals surface area contributed by atoms with Crippen molar-refractivity contribution in [2.45, 2.75) is 12.5 Å². The van der Waals surface area contributed by atoms with Crippen LogP contribution < -0.4 is 10.2 Å². The number of benzene rings is 2. The molecule has 3 heteroatoms. The first-order valence-electron chi connectivity index (χ1n) is 7.10. The molecule has 0 saturated carbocycles. The van der Waals surface area contributed by atoms with Gasteiger partial charge in [0.25, 0.3) is 0 Å². The molecule has 20 heavy (non-hydrogen) atoms. The van der Waals surface area contributed by atoms with Crippen LogP contribution >= 0.6 is 22.6 Å². The molecule has 1 unspecified atom stereocenters. The van der Waals surface area contributed by atoms with Crippen LogP contribution in [0.3, 0.4) is 0 Å². The fourth-order valence-electron chi connectivity index (χ4n) is 2.79. The van der Waals surface area contributed by atoms with E-state index in [4.69, 9.17) is 0 Å². The van der Waals surface area contributed by atoms with E-state index in [9.17, 15) is 0 Å². The molecule has 0 aromatic heterocycles. The summed E-state index contributed by atoms with van der Waals surface area (Å²) in [5.74, 6) is 0. The summed E-state index contributed by atoms with van der Waals surface area (Å²) in [5.41, 5.74) is 2.78. The lowest BCUT2D eigenvalue weighted by Crippen LogP contribution is -2.51. The van der Waals surface area contributed by atoms with Gasteiger partial charge in [0.15, 0.2) is 0 Å². The second-order valence-electron chi connectivity index (χ2n) is 5.24. The molecule has 1 N–H and O–H groups in total. The second-order valence-corrected chi connectivity index (χ2v) is 6.40. The van der Waals surface area contributed by atoms with Gasteiger partial charge in [0.05, 0.1) is 5.69 Å². The molecule has 3 rings (SSSR count). The molecular weight excluding hydrogens is 359 g/mol. The monoisotopic (exact) mass is 378 g/mol. The zero-order valence-electron chi connectivity index (χ0n) is 11.4. The predicted octanol–water partition coefficient (Wildman–Crippen LogP) is 3.31. The van der Waals surface area contributed by atoms with Gasteiger partial charge < -0.3 is 10.2 Å². The highest BCUT2D eigenvalue weighted by molar-refractivity contribution is 14.1. The third-order valence-electron chi connectivity index (χ3n) is 3.77. The molecule has 1 atom stereocenters. The number of para-hydroxylation sites is 1. The Balaban J connectivity index is 1.69. The van der Waals surface area contributed by atoms with Crippen molar-refractivity contribution >= 4 is 28.3 Å². The van der Waals surface area contributed by atoms with Gasteiger partial charge in [-0.2, -0.15) is 0 Å². The summed E-state index contributed by atoms with van der Waals surface area (Å²) in [7, 11) is 0. The minimum Gasteiger partial charge on any atom is -0.368 e. The second kappa shape index (κ2) is 6.59. The number of piperazine rings is 1. The van der Waals surface area contributed by atoms with Gasteiger partial charge >= 0.3 is 0 Å². The Morgan fingerprint density at radius 3 is 2.60 bits per heavy atom. The molecule has 1 aliphatic rings. The lowest BCUT2D eigenvalue weighted by Gasteiger charge is -2.36. The van der Waals surface area contributed by atoms with Crippen molar-refractivity contribution in [2.24, 2.45) is 0 Å². The molecule has 2 aromatic rings. The average Bonchev–Trinajstić information content (AvgIpc) is 2.49. The quantitative estimate of drug-likeness (QED) is 0.825. The van der Waals surface area contributed by atoms with Gasteiger partial charge in [0, 0.05) is 29.2 Å². The van der Waals surface area contributed by atoms with Gasteiger partial charge in [0.1, 0.15) is 0 Å². The number of hydrogen-bond donors (Lipinski definition) is 1. The van der Waals surface area contributed by atoms with E-state index >= 15 is 0 Å². The van der Waals surface area contributed by atoms with E-state index in [2.05, 4.69) is 87.4 Å². The SMILES string of the molecule is Ic1ccccc1N1CCNC(Cc2ccccc2)C1. The Morgan fingerprint density at radius 2 is 1.80 bits per heavy atom. The Kier molecular flexibility index (Phi) is 4.58. The smallest absolute Gasteiger partial charge is 0.0502 e. The molecular formula is C17H19IN2. The molecule has 1 fully saturated rings. The van der Waals surface area contributed by atoms with Crippen LogP contribution in [0.1, 0.15) is 5.56 Å². The topological polar surface area (TPSA) is 15.3 Å². The third-order valence-corrected chi connectivity index (χ3v) is 4.69. The van der Waals surface area contributed by atoms with Gasteiger partial charge in [0.2, 0.25) is 0 Å². The molecule has 0 radical (unpaired) electrons. The van der Waals surface area contributed by atoms with Crippen molar-refractivity contribution in [3.05, 3.63) is 63.7 Å². The van der Waals surface area contributed by atoms with Gasteiger partial charge in [-0.05, 0) is 46.7 Å². The first kappa shape index (κ1) is 13.9. The summed E-state index contributed by atoms with van der Waals surface area (Å²) >= 11 is 2.43. The van der Waals surface area contributed by atoms with Crippen LogP contribution in [0.15, 0.2) is 54.6 Å². The van der Waals surface area contributed by atoms with Crippen molar-refractivity contribution in [2.75, 3.05) is 24.5 Å². The molecule has 1 aliphatic heterocycles. The van der Waals surface area contributed by atoms with Crippen molar-refractivity contribution in [1.29, 1.82) is 0 Å². The zero-order chi connectivity index (χ0) is 13.8. The van der Waals surface area contributed by atoms with Crippen molar-refractivity contribution in [3.63, 3.8) is 0 Å². The van der Waals surface area contributed by atoms with Crippen LogP contribution in [-0.2, 0) is 6.42 Å². The Morgan fingerprint density at radius 1 is 1.05 bits per heavy atom. The summed E-state index contributed by atoms with van der Waals surface area (Å²) in [4.78, 5) is 2.51. The van der Waals surface area contributed by atoms with Crippen molar-refractivity contribution in [1.82, 2.24) is 5.32 Å². The minimum absolute atomic E-state index is 0.530. The normalized spacial score (nSPS) is 19.1. The molecule has 0 amide bonds. The van der Waals surface area contributed by atoms with Gasteiger partial charge in [-0.3, -0.25) is 0 Å². The lowest BCUT2D eigenvalue weighted by atomic mass is 10.0. The maximum absolute atomic E-state index is 3.64. The molecule has 2 aromatic carbocycles.